The molecule has 0 radical (unpaired) electrons. The number of benzene rings is 1. The van der Waals surface area contributed by atoms with Crippen molar-refractivity contribution in [3.63, 3.8) is 0 Å². The predicted molar refractivity (Wildman–Crippen MR) is 59.5 cm³/mol. The Hall–Kier alpha value is -2.48. The average Bonchev–Trinajstić information content (AvgIpc) is 3.00. The highest BCUT2D eigenvalue weighted by atomic mass is 16.5. The second kappa shape index (κ2) is 4.41. The van der Waals surface area contributed by atoms with Crippen molar-refractivity contribution in [2.45, 2.75) is 13.3 Å². The third-order valence-corrected chi connectivity index (χ3v) is 2.50. The van der Waals surface area contributed by atoms with Gasteiger partial charge >= 0.3 is 0 Å². The Morgan fingerprint density at radius 1 is 1.33 bits per heavy atom. The Bertz CT molecular complexity index is 647. The second-order valence-corrected chi connectivity index (χ2v) is 3.75. The molecule has 2 aromatic heterocycles. The van der Waals surface area contributed by atoms with Crippen molar-refractivity contribution >= 4 is 10.9 Å². The van der Waals surface area contributed by atoms with E-state index in [1.54, 1.807) is 12.3 Å². The van der Waals surface area contributed by atoms with E-state index in [0.29, 0.717) is 18.9 Å². The third-order valence-electron chi connectivity index (χ3n) is 2.50. The number of hydrogen-bond donors (Lipinski definition) is 1. The molecule has 0 unspecified atom stereocenters. The molecule has 0 amide bonds. The largest absolute Gasteiger partial charge is 0.411 e. The fourth-order valence-electron chi connectivity index (χ4n) is 1.65. The summed E-state index contributed by atoms with van der Waals surface area (Å²) in [6.45, 7) is 0.733. The summed E-state index contributed by atoms with van der Waals surface area (Å²) in [5.74, 6) is 0. The standard InChI is InChI=1S/C10H10N6O2/c17-16-10-2-1-8(3-9(10)4-12-16)5-18-7-15-6-11-13-14-15/h1-4,6,17H,5,7H2. The lowest BCUT2D eigenvalue weighted by Crippen LogP contribution is -2.03. The van der Waals surface area contributed by atoms with Crippen LogP contribution in [0.25, 0.3) is 10.9 Å². The summed E-state index contributed by atoms with van der Waals surface area (Å²) in [5, 5.41) is 24.7. The summed E-state index contributed by atoms with van der Waals surface area (Å²) in [4.78, 5) is 0.848. The summed E-state index contributed by atoms with van der Waals surface area (Å²) in [6.07, 6.45) is 3.08. The first-order valence-corrected chi connectivity index (χ1v) is 5.27. The average molecular weight is 246 g/mol. The summed E-state index contributed by atoms with van der Waals surface area (Å²) in [7, 11) is 0. The minimum Gasteiger partial charge on any atom is -0.411 e. The first-order chi connectivity index (χ1) is 8.83. The van der Waals surface area contributed by atoms with Crippen molar-refractivity contribution < 1.29 is 9.94 Å². The maximum atomic E-state index is 9.35. The van der Waals surface area contributed by atoms with Crippen LogP contribution in [0, 0.1) is 0 Å². The van der Waals surface area contributed by atoms with Crippen LogP contribution in [0.4, 0.5) is 0 Å². The van der Waals surface area contributed by atoms with Gasteiger partial charge in [0.15, 0.2) is 0 Å². The topological polar surface area (TPSA) is 90.9 Å². The molecule has 0 fully saturated rings. The Kier molecular flexibility index (Phi) is 2.61. The molecule has 18 heavy (non-hydrogen) atoms. The zero-order valence-corrected chi connectivity index (χ0v) is 9.34. The lowest BCUT2D eigenvalue weighted by molar-refractivity contribution is 0.0549. The van der Waals surface area contributed by atoms with Gasteiger partial charge in [0, 0.05) is 5.39 Å². The zero-order valence-electron chi connectivity index (χ0n) is 9.34. The van der Waals surface area contributed by atoms with Gasteiger partial charge in [0.2, 0.25) is 0 Å². The summed E-state index contributed by atoms with van der Waals surface area (Å²) in [5.41, 5.74) is 1.66. The molecular formula is C10H10N6O2. The van der Waals surface area contributed by atoms with Gasteiger partial charge in [0.1, 0.15) is 18.6 Å². The lowest BCUT2D eigenvalue weighted by atomic mass is 10.2. The molecule has 8 nitrogen and oxygen atoms in total. The Balaban J connectivity index is 1.67. The Labute approximate surface area is 101 Å². The maximum Gasteiger partial charge on any atom is 0.143 e. The van der Waals surface area contributed by atoms with Crippen LogP contribution in [0.15, 0.2) is 30.7 Å². The molecule has 1 aromatic carbocycles. The van der Waals surface area contributed by atoms with Crippen molar-refractivity contribution in [2.75, 3.05) is 0 Å². The number of rotatable bonds is 4. The van der Waals surface area contributed by atoms with Gasteiger partial charge in [0.25, 0.3) is 0 Å². The molecule has 2 heterocycles. The minimum absolute atomic E-state index is 0.296. The van der Waals surface area contributed by atoms with Crippen LogP contribution in [-0.2, 0) is 18.1 Å². The zero-order chi connectivity index (χ0) is 12.4. The maximum absolute atomic E-state index is 9.35. The highest BCUT2D eigenvalue weighted by Gasteiger charge is 2.02. The second-order valence-electron chi connectivity index (χ2n) is 3.75. The van der Waals surface area contributed by atoms with Crippen molar-refractivity contribution in [1.29, 1.82) is 0 Å². The molecular weight excluding hydrogens is 236 g/mol. The van der Waals surface area contributed by atoms with E-state index in [4.69, 9.17) is 4.74 Å². The predicted octanol–water partition coefficient (Wildman–Crippen LogP) is 0.434. The number of nitrogens with zero attached hydrogens (tertiary/aromatic N) is 6. The SMILES string of the molecule is On1ncc2cc(COCn3cnnn3)ccc21. The quantitative estimate of drug-likeness (QED) is 0.671. The molecule has 0 aliphatic heterocycles. The van der Waals surface area contributed by atoms with Crippen molar-refractivity contribution in [3.8, 4) is 0 Å². The molecule has 0 saturated heterocycles. The van der Waals surface area contributed by atoms with E-state index in [-0.39, 0.29) is 0 Å². The monoisotopic (exact) mass is 246 g/mol. The molecule has 8 heteroatoms. The van der Waals surface area contributed by atoms with Crippen LogP contribution in [-0.4, -0.2) is 35.4 Å². The van der Waals surface area contributed by atoms with Gasteiger partial charge in [-0.25, -0.2) is 4.68 Å². The number of ether oxygens (including phenoxy) is 1. The van der Waals surface area contributed by atoms with Crippen LogP contribution in [0.3, 0.4) is 0 Å². The number of aromatic nitrogens is 6. The number of hydrogen-bond acceptors (Lipinski definition) is 6. The molecule has 1 N–H and O–H groups in total. The van der Waals surface area contributed by atoms with Gasteiger partial charge in [-0.1, -0.05) is 6.07 Å². The molecule has 0 atom stereocenters. The van der Waals surface area contributed by atoms with Gasteiger partial charge in [-0.05, 0) is 28.1 Å². The normalized spacial score (nSPS) is 11.1. The fourth-order valence-corrected chi connectivity index (χ4v) is 1.65. The van der Waals surface area contributed by atoms with Crippen LogP contribution < -0.4 is 0 Å². The first-order valence-electron chi connectivity index (χ1n) is 5.27. The smallest absolute Gasteiger partial charge is 0.143 e. The van der Waals surface area contributed by atoms with E-state index in [9.17, 15) is 5.21 Å². The number of tetrazole rings is 1. The van der Waals surface area contributed by atoms with E-state index < -0.39 is 0 Å². The van der Waals surface area contributed by atoms with Crippen LogP contribution >= 0.6 is 0 Å². The fraction of sp³-hybridized carbons (Fsp3) is 0.200. The summed E-state index contributed by atoms with van der Waals surface area (Å²) < 4.78 is 6.94. The van der Waals surface area contributed by atoms with E-state index in [0.717, 1.165) is 15.8 Å². The molecule has 0 spiro atoms. The molecule has 0 aliphatic carbocycles. The molecule has 92 valence electrons. The van der Waals surface area contributed by atoms with Gasteiger partial charge < -0.3 is 9.94 Å². The van der Waals surface area contributed by atoms with E-state index >= 15 is 0 Å². The lowest BCUT2D eigenvalue weighted by Gasteiger charge is -2.03. The third kappa shape index (κ3) is 2.00. The summed E-state index contributed by atoms with van der Waals surface area (Å²) >= 11 is 0. The van der Waals surface area contributed by atoms with E-state index in [1.165, 1.54) is 11.0 Å². The van der Waals surface area contributed by atoms with Crippen molar-refractivity contribution in [2.24, 2.45) is 0 Å². The minimum atomic E-state index is 0.296. The van der Waals surface area contributed by atoms with E-state index in [2.05, 4.69) is 20.6 Å². The molecule has 3 aromatic rings. The van der Waals surface area contributed by atoms with Crippen molar-refractivity contribution in [1.82, 2.24) is 30.2 Å². The van der Waals surface area contributed by atoms with Crippen LogP contribution in [0.5, 0.6) is 0 Å². The van der Waals surface area contributed by atoms with Crippen molar-refractivity contribution in [3.05, 3.63) is 36.3 Å². The van der Waals surface area contributed by atoms with Gasteiger partial charge in [-0.15, -0.1) is 15.0 Å². The van der Waals surface area contributed by atoms with Crippen LogP contribution in [0.1, 0.15) is 5.56 Å². The van der Waals surface area contributed by atoms with E-state index in [1.807, 2.05) is 12.1 Å². The molecule has 0 aliphatic rings. The van der Waals surface area contributed by atoms with Gasteiger partial charge in [-0.2, -0.15) is 0 Å². The molecule has 0 saturated carbocycles. The van der Waals surface area contributed by atoms with Crippen LogP contribution in [0.2, 0.25) is 0 Å². The Morgan fingerprint density at radius 3 is 3.11 bits per heavy atom. The highest BCUT2D eigenvalue weighted by Crippen LogP contribution is 2.15. The Morgan fingerprint density at radius 2 is 2.28 bits per heavy atom. The summed E-state index contributed by atoms with van der Waals surface area (Å²) in [6, 6.07) is 5.57. The highest BCUT2D eigenvalue weighted by molar-refractivity contribution is 5.78. The molecule has 0 bridgehead atoms. The number of fused-ring (bicyclic) bond motifs is 1. The first kappa shape index (κ1) is 10.7. The van der Waals surface area contributed by atoms with Gasteiger partial charge in [-0.3, -0.25) is 0 Å². The van der Waals surface area contributed by atoms with Gasteiger partial charge in [0.05, 0.1) is 12.8 Å². The molecule has 3 rings (SSSR count).